The summed E-state index contributed by atoms with van der Waals surface area (Å²) in [7, 11) is 0. The zero-order valence-electron chi connectivity index (χ0n) is 7.88. The Labute approximate surface area is 91.5 Å². The lowest BCUT2D eigenvalue weighted by Gasteiger charge is -2.29. The van der Waals surface area contributed by atoms with Gasteiger partial charge in [-0.05, 0) is 6.92 Å². The lowest BCUT2D eigenvalue weighted by atomic mass is 10.1. The summed E-state index contributed by atoms with van der Waals surface area (Å²) in [6.07, 6.45) is 0. The van der Waals surface area contributed by atoms with E-state index in [0.717, 1.165) is 6.92 Å². The molecule has 0 saturated heterocycles. The van der Waals surface area contributed by atoms with Gasteiger partial charge in [-0.25, -0.2) is 4.79 Å². The monoisotopic (exact) mass is 272 g/mol. The van der Waals surface area contributed by atoms with Crippen molar-refractivity contribution in [3.8, 4) is 0 Å². The van der Waals surface area contributed by atoms with Crippen LogP contribution in [0, 0.1) is 0 Å². The Balaban J connectivity index is 5.20. The highest BCUT2D eigenvalue weighted by Gasteiger charge is 2.75. The number of esters is 1. The van der Waals surface area contributed by atoms with Crippen LogP contribution in [-0.2, 0) is 9.53 Å². The van der Waals surface area contributed by atoms with Gasteiger partial charge in [-0.1, -0.05) is 0 Å². The maximum absolute atomic E-state index is 12.7. The molecule has 0 aliphatic carbocycles. The van der Waals surface area contributed by atoms with Gasteiger partial charge in [-0.15, -0.1) is 11.6 Å². The van der Waals surface area contributed by atoms with Gasteiger partial charge in [0.1, 0.15) is 0 Å². The van der Waals surface area contributed by atoms with E-state index in [-0.39, 0.29) is 0 Å². The minimum atomic E-state index is -5.91. The Morgan fingerprint density at radius 2 is 1.62 bits per heavy atom. The number of alkyl halides is 7. The molecule has 0 spiro atoms. The first kappa shape index (κ1) is 15.3. The molecule has 9 heteroatoms. The highest BCUT2D eigenvalue weighted by Crippen LogP contribution is 2.46. The number of hydrogen-bond acceptors (Lipinski definition) is 2. The normalized spacial score (nSPS) is 13.8. The number of carbonyl (C=O) groups excluding carboxylic acids is 1. The van der Waals surface area contributed by atoms with Crippen molar-refractivity contribution in [3.63, 3.8) is 0 Å². The molecule has 0 atom stereocenters. The second kappa shape index (κ2) is 4.68. The first-order valence-corrected chi connectivity index (χ1v) is 4.44. The van der Waals surface area contributed by atoms with Crippen molar-refractivity contribution in [2.45, 2.75) is 24.7 Å². The van der Waals surface area contributed by atoms with E-state index >= 15 is 0 Å². The fraction of sp³-hybridized carbons (Fsp3) is 0.857. The molecular weight excluding hydrogens is 266 g/mol. The van der Waals surface area contributed by atoms with Crippen molar-refractivity contribution < 1.29 is 35.9 Å². The number of hydrogen-bond donors (Lipinski definition) is 0. The predicted octanol–water partition coefficient (Wildman–Crippen LogP) is 2.69. The van der Waals surface area contributed by atoms with Crippen LogP contribution in [-0.4, -0.2) is 36.2 Å². The number of halogens is 7. The average molecular weight is 273 g/mol. The largest absolute Gasteiger partial charge is 0.461 e. The van der Waals surface area contributed by atoms with Gasteiger partial charge in [-0.2, -0.15) is 26.3 Å². The third kappa shape index (κ3) is 2.36. The fourth-order valence-electron chi connectivity index (χ4n) is 0.664. The SMILES string of the molecule is CCOC(=O)C(F)(F)C(F)(F)C(F)(F)CCl. The summed E-state index contributed by atoms with van der Waals surface area (Å²) < 4.78 is 79.2. The molecule has 96 valence electrons. The molecule has 0 fully saturated rings. The molecule has 0 aliphatic heterocycles. The molecule has 0 aliphatic rings. The molecule has 0 aromatic heterocycles. The zero-order chi connectivity index (χ0) is 13.2. The quantitative estimate of drug-likeness (QED) is 0.437. The van der Waals surface area contributed by atoms with Crippen molar-refractivity contribution >= 4 is 17.6 Å². The van der Waals surface area contributed by atoms with Crippen LogP contribution in [0.5, 0.6) is 0 Å². The van der Waals surface area contributed by atoms with E-state index in [2.05, 4.69) is 16.3 Å². The van der Waals surface area contributed by atoms with Crippen molar-refractivity contribution in [1.82, 2.24) is 0 Å². The highest BCUT2D eigenvalue weighted by atomic mass is 35.5. The fourth-order valence-corrected chi connectivity index (χ4v) is 0.831. The van der Waals surface area contributed by atoms with Crippen LogP contribution < -0.4 is 0 Å². The van der Waals surface area contributed by atoms with E-state index in [4.69, 9.17) is 0 Å². The minimum Gasteiger partial charge on any atom is -0.461 e. The van der Waals surface area contributed by atoms with Crippen LogP contribution in [0.3, 0.4) is 0 Å². The van der Waals surface area contributed by atoms with Gasteiger partial charge in [0.15, 0.2) is 0 Å². The summed E-state index contributed by atoms with van der Waals surface area (Å²) in [6, 6.07) is 0. The Morgan fingerprint density at radius 1 is 1.19 bits per heavy atom. The van der Waals surface area contributed by atoms with Gasteiger partial charge in [0.2, 0.25) is 0 Å². The maximum Gasteiger partial charge on any atom is 0.410 e. The first-order chi connectivity index (χ1) is 7.04. The molecule has 0 rings (SSSR count). The van der Waals surface area contributed by atoms with E-state index in [1.165, 1.54) is 0 Å². The van der Waals surface area contributed by atoms with Crippen molar-refractivity contribution in [2.24, 2.45) is 0 Å². The van der Waals surface area contributed by atoms with Crippen LogP contribution in [0.1, 0.15) is 6.92 Å². The molecule has 0 radical (unpaired) electrons. The van der Waals surface area contributed by atoms with Crippen LogP contribution in [0.25, 0.3) is 0 Å². The molecule has 0 aromatic carbocycles. The lowest BCUT2D eigenvalue weighted by Crippen LogP contribution is -2.59. The van der Waals surface area contributed by atoms with Crippen LogP contribution >= 0.6 is 11.6 Å². The zero-order valence-corrected chi connectivity index (χ0v) is 8.63. The van der Waals surface area contributed by atoms with Gasteiger partial charge >= 0.3 is 23.7 Å². The second-order valence-corrected chi connectivity index (χ2v) is 2.97. The van der Waals surface area contributed by atoms with Crippen LogP contribution in [0.2, 0.25) is 0 Å². The van der Waals surface area contributed by atoms with Gasteiger partial charge < -0.3 is 4.74 Å². The summed E-state index contributed by atoms with van der Waals surface area (Å²) in [5, 5.41) is 0. The number of ether oxygens (including phenoxy) is 1. The van der Waals surface area contributed by atoms with Gasteiger partial charge in [0.25, 0.3) is 0 Å². The summed E-state index contributed by atoms with van der Waals surface area (Å²) in [5.41, 5.74) is 0. The van der Waals surface area contributed by atoms with E-state index in [1.54, 1.807) is 0 Å². The smallest absolute Gasteiger partial charge is 0.410 e. The van der Waals surface area contributed by atoms with Gasteiger partial charge in [-0.3, -0.25) is 0 Å². The van der Waals surface area contributed by atoms with Crippen molar-refractivity contribution in [3.05, 3.63) is 0 Å². The topological polar surface area (TPSA) is 26.3 Å². The Morgan fingerprint density at radius 3 is 1.94 bits per heavy atom. The summed E-state index contributed by atoms with van der Waals surface area (Å²) >= 11 is 4.45. The standard InChI is InChI=1S/C7H7ClF6O2/c1-2-16-4(15)6(11,12)7(13,14)5(9,10)3-8/h2-3H2,1H3. The Hall–Kier alpha value is -0.660. The number of carbonyl (C=O) groups is 1. The lowest BCUT2D eigenvalue weighted by molar-refractivity contribution is -0.297. The highest BCUT2D eigenvalue weighted by molar-refractivity contribution is 6.18. The predicted molar refractivity (Wildman–Crippen MR) is 42.2 cm³/mol. The third-order valence-corrected chi connectivity index (χ3v) is 1.89. The van der Waals surface area contributed by atoms with Crippen LogP contribution in [0.15, 0.2) is 0 Å². The third-order valence-electron chi connectivity index (χ3n) is 1.55. The Bertz CT molecular complexity index is 268. The Kier molecular flexibility index (Phi) is 4.49. The molecule has 0 aromatic rings. The first-order valence-electron chi connectivity index (χ1n) is 3.91. The van der Waals surface area contributed by atoms with Crippen LogP contribution in [0.4, 0.5) is 26.3 Å². The minimum absolute atomic E-state index is 0.642. The molecule has 16 heavy (non-hydrogen) atoms. The second-order valence-electron chi connectivity index (χ2n) is 2.71. The van der Waals surface area contributed by atoms with E-state index in [9.17, 15) is 31.1 Å². The summed E-state index contributed by atoms with van der Waals surface area (Å²) in [5.74, 6) is -21.5. The molecular formula is C7H7ClF6O2. The molecule has 0 saturated carbocycles. The van der Waals surface area contributed by atoms with E-state index in [1.807, 2.05) is 0 Å². The molecule has 0 heterocycles. The summed E-state index contributed by atoms with van der Waals surface area (Å²) in [6.45, 7) is 0.419. The summed E-state index contributed by atoms with van der Waals surface area (Å²) in [4.78, 5) is 10.4. The van der Waals surface area contributed by atoms with E-state index < -0.39 is 36.2 Å². The number of rotatable bonds is 5. The van der Waals surface area contributed by atoms with Crippen molar-refractivity contribution in [1.29, 1.82) is 0 Å². The van der Waals surface area contributed by atoms with E-state index in [0.29, 0.717) is 0 Å². The molecule has 2 nitrogen and oxygen atoms in total. The van der Waals surface area contributed by atoms with Gasteiger partial charge in [0, 0.05) is 0 Å². The molecule has 0 N–H and O–H groups in total. The van der Waals surface area contributed by atoms with Crippen molar-refractivity contribution in [2.75, 3.05) is 12.5 Å². The van der Waals surface area contributed by atoms with Gasteiger partial charge in [0.05, 0.1) is 12.5 Å². The molecule has 0 amide bonds. The molecule has 0 bridgehead atoms. The average Bonchev–Trinajstić information content (AvgIpc) is 2.17. The maximum atomic E-state index is 12.7. The molecule has 0 unspecified atom stereocenters.